The Labute approximate surface area is 113 Å². The third kappa shape index (κ3) is 3.62. The minimum absolute atomic E-state index is 0.143. The summed E-state index contributed by atoms with van der Waals surface area (Å²) in [5.74, 6) is 1.82. The first-order chi connectivity index (χ1) is 9.20. The smallest absolute Gasteiger partial charge is 0.146 e. The Morgan fingerprint density at radius 3 is 2.47 bits per heavy atom. The van der Waals surface area contributed by atoms with Crippen molar-refractivity contribution in [1.82, 2.24) is 19.7 Å². The van der Waals surface area contributed by atoms with Gasteiger partial charge < -0.3 is 9.67 Å². The van der Waals surface area contributed by atoms with E-state index in [9.17, 15) is 5.11 Å². The molecule has 0 radical (unpaired) electrons. The average molecular weight is 260 g/mol. The summed E-state index contributed by atoms with van der Waals surface area (Å²) in [6.45, 7) is 4.19. The first kappa shape index (κ1) is 13.7. The summed E-state index contributed by atoms with van der Waals surface area (Å²) in [5, 5.41) is 17.4. The van der Waals surface area contributed by atoms with Gasteiger partial charge in [-0.05, 0) is 12.5 Å². The maximum absolute atomic E-state index is 9.18. The fourth-order valence-electron chi connectivity index (χ4n) is 1.99. The zero-order valence-corrected chi connectivity index (χ0v) is 11.5. The van der Waals surface area contributed by atoms with Gasteiger partial charge in [-0.15, -0.1) is 10.2 Å². The highest BCUT2D eigenvalue weighted by Gasteiger charge is 2.11. The van der Waals surface area contributed by atoms with Gasteiger partial charge in [0, 0.05) is 20.1 Å². The highest BCUT2D eigenvalue weighted by atomic mass is 16.3. The number of hydrogen-bond acceptors (Lipinski definition) is 4. The fourth-order valence-corrected chi connectivity index (χ4v) is 1.99. The molecular weight excluding hydrogens is 240 g/mol. The molecule has 5 heteroatoms. The van der Waals surface area contributed by atoms with E-state index in [0.717, 1.165) is 18.2 Å². The number of hydrogen-bond donors (Lipinski definition) is 1. The predicted molar refractivity (Wildman–Crippen MR) is 73.4 cm³/mol. The Morgan fingerprint density at radius 2 is 1.89 bits per heavy atom. The zero-order valence-electron chi connectivity index (χ0n) is 11.5. The van der Waals surface area contributed by atoms with Crippen LogP contribution in [0.15, 0.2) is 30.3 Å². The van der Waals surface area contributed by atoms with Crippen molar-refractivity contribution in [3.05, 3.63) is 47.5 Å². The largest absolute Gasteiger partial charge is 0.395 e. The van der Waals surface area contributed by atoms with Gasteiger partial charge in [-0.3, -0.25) is 4.90 Å². The van der Waals surface area contributed by atoms with Crippen molar-refractivity contribution in [2.24, 2.45) is 7.05 Å². The summed E-state index contributed by atoms with van der Waals surface area (Å²) in [7, 11) is 1.96. The van der Waals surface area contributed by atoms with Crippen LogP contribution in [-0.2, 0) is 20.1 Å². The maximum atomic E-state index is 9.18. The van der Waals surface area contributed by atoms with Crippen molar-refractivity contribution in [2.75, 3.05) is 13.2 Å². The molecule has 19 heavy (non-hydrogen) atoms. The van der Waals surface area contributed by atoms with E-state index in [4.69, 9.17) is 0 Å². The monoisotopic (exact) mass is 260 g/mol. The molecule has 2 rings (SSSR count). The van der Waals surface area contributed by atoms with Crippen LogP contribution in [0.25, 0.3) is 0 Å². The van der Waals surface area contributed by atoms with Gasteiger partial charge in [-0.2, -0.15) is 0 Å². The van der Waals surface area contributed by atoms with Gasteiger partial charge in [0.1, 0.15) is 11.6 Å². The summed E-state index contributed by atoms with van der Waals surface area (Å²) in [5.41, 5.74) is 1.23. The standard InChI is InChI=1S/C14H20N4O/c1-12-15-16-14(17(12)2)11-18(8-9-19)10-13-6-4-3-5-7-13/h3-7,19H,8-11H2,1-2H3. The second kappa shape index (κ2) is 6.45. The molecule has 1 N–H and O–H groups in total. The Balaban J connectivity index is 2.06. The summed E-state index contributed by atoms with van der Waals surface area (Å²) in [6, 6.07) is 10.2. The van der Waals surface area contributed by atoms with Crippen LogP contribution in [0.5, 0.6) is 0 Å². The van der Waals surface area contributed by atoms with Crippen molar-refractivity contribution >= 4 is 0 Å². The first-order valence-electron chi connectivity index (χ1n) is 6.42. The third-order valence-corrected chi connectivity index (χ3v) is 3.21. The normalized spacial score (nSPS) is 11.2. The van der Waals surface area contributed by atoms with Crippen LogP contribution >= 0.6 is 0 Å². The lowest BCUT2D eigenvalue weighted by Gasteiger charge is -2.20. The minimum Gasteiger partial charge on any atom is -0.395 e. The number of benzene rings is 1. The molecule has 0 spiro atoms. The molecule has 2 aromatic rings. The molecule has 0 fully saturated rings. The fraction of sp³-hybridized carbons (Fsp3) is 0.429. The van der Waals surface area contributed by atoms with Crippen molar-refractivity contribution in [1.29, 1.82) is 0 Å². The Kier molecular flexibility index (Phi) is 4.65. The molecule has 0 amide bonds. The van der Waals surface area contributed by atoms with E-state index < -0.39 is 0 Å². The number of nitrogens with zero attached hydrogens (tertiary/aromatic N) is 4. The van der Waals surface area contributed by atoms with E-state index in [0.29, 0.717) is 13.1 Å². The molecule has 0 saturated heterocycles. The van der Waals surface area contributed by atoms with E-state index in [1.165, 1.54) is 5.56 Å². The molecule has 102 valence electrons. The van der Waals surface area contributed by atoms with E-state index in [1.807, 2.05) is 36.7 Å². The lowest BCUT2D eigenvalue weighted by molar-refractivity contribution is 0.180. The van der Waals surface area contributed by atoms with Gasteiger partial charge in [-0.25, -0.2) is 0 Å². The maximum Gasteiger partial charge on any atom is 0.146 e. The highest BCUT2D eigenvalue weighted by molar-refractivity contribution is 5.14. The van der Waals surface area contributed by atoms with Crippen LogP contribution in [0, 0.1) is 6.92 Å². The molecule has 1 heterocycles. The average Bonchev–Trinajstić information content (AvgIpc) is 2.72. The van der Waals surface area contributed by atoms with Crippen molar-refractivity contribution in [3.63, 3.8) is 0 Å². The first-order valence-corrected chi connectivity index (χ1v) is 6.42. The zero-order chi connectivity index (χ0) is 13.7. The molecule has 1 aromatic carbocycles. The van der Waals surface area contributed by atoms with Crippen LogP contribution in [0.3, 0.4) is 0 Å². The number of aromatic nitrogens is 3. The molecule has 0 bridgehead atoms. The van der Waals surface area contributed by atoms with Crippen LogP contribution < -0.4 is 0 Å². The third-order valence-electron chi connectivity index (χ3n) is 3.21. The molecule has 0 saturated carbocycles. The van der Waals surface area contributed by atoms with E-state index in [1.54, 1.807) is 0 Å². The lowest BCUT2D eigenvalue weighted by atomic mass is 10.2. The Morgan fingerprint density at radius 1 is 1.16 bits per heavy atom. The molecular formula is C14H20N4O. The molecule has 0 atom stereocenters. The number of aliphatic hydroxyl groups excluding tert-OH is 1. The van der Waals surface area contributed by atoms with Crippen molar-refractivity contribution in [2.45, 2.75) is 20.0 Å². The summed E-state index contributed by atoms with van der Waals surface area (Å²) in [4.78, 5) is 2.17. The number of rotatable bonds is 6. The van der Waals surface area contributed by atoms with Crippen LogP contribution in [0.2, 0.25) is 0 Å². The van der Waals surface area contributed by atoms with E-state index in [2.05, 4.69) is 27.2 Å². The summed E-state index contributed by atoms with van der Waals surface area (Å²) >= 11 is 0. The molecule has 0 aliphatic rings. The predicted octanol–water partition coefficient (Wildman–Crippen LogP) is 1.12. The van der Waals surface area contributed by atoms with Gasteiger partial charge >= 0.3 is 0 Å². The minimum atomic E-state index is 0.143. The van der Waals surface area contributed by atoms with E-state index >= 15 is 0 Å². The Bertz CT molecular complexity index is 509. The molecule has 0 aliphatic heterocycles. The van der Waals surface area contributed by atoms with Gasteiger partial charge in [0.25, 0.3) is 0 Å². The molecule has 0 unspecified atom stereocenters. The van der Waals surface area contributed by atoms with Crippen LogP contribution in [0.4, 0.5) is 0 Å². The van der Waals surface area contributed by atoms with Gasteiger partial charge in [0.05, 0.1) is 13.2 Å². The summed E-state index contributed by atoms with van der Waals surface area (Å²) < 4.78 is 1.98. The summed E-state index contributed by atoms with van der Waals surface area (Å²) in [6.07, 6.45) is 0. The second-order valence-electron chi connectivity index (χ2n) is 4.64. The van der Waals surface area contributed by atoms with Gasteiger partial charge in [0.15, 0.2) is 0 Å². The molecule has 0 aliphatic carbocycles. The number of aliphatic hydroxyl groups is 1. The number of aryl methyl sites for hydroxylation is 1. The van der Waals surface area contributed by atoms with E-state index in [-0.39, 0.29) is 6.61 Å². The van der Waals surface area contributed by atoms with Crippen molar-refractivity contribution in [3.8, 4) is 0 Å². The van der Waals surface area contributed by atoms with Crippen LogP contribution in [0.1, 0.15) is 17.2 Å². The topological polar surface area (TPSA) is 54.2 Å². The molecule has 5 nitrogen and oxygen atoms in total. The van der Waals surface area contributed by atoms with Crippen molar-refractivity contribution < 1.29 is 5.11 Å². The molecule has 1 aromatic heterocycles. The Hall–Kier alpha value is -1.72. The lowest BCUT2D eigenvalue weighted by Crippen LogP contribution is -2.27. The quantitative estimate of drug-likeness (QED) is 0.845. The van der Waals surface area contributed by atoms with Gasteiger partial charge in [-0.1, -0.05) is 30.3 Å². The second-order valence-corrected chi connectivity index (χ2v) is 4.64. The SMILES string of the molecule is Cc1nnc(CN(CCO)Cc2ccccc2)n1C. The highest BCUT2D eigenvalue weighted by Crippen LogP contribution is 2.08. The van der Waals surface area contributed by atoms with Crippen LogP contribution in [-0.4, -0.2) is 37.9 Å². The van der Waals surface area contributed by atoms with Gasteiger partial charge in [0.2, 0.25) is 0 Å².